The van der Waals surface area contributed by atoms with Crippen LogP contribution in [0.25, 0.3) is 0 Å². The predicted molar refractivity (Wildman–Crippen MR) is 123 cm³/mol. The molecule has 0 atom stereocenters. The fourth-order valence-electron chi connectivity index (χ4n) is 2.77. The summed E-state index contributed by atoms with van der Waals surface area (Å²) in [5.41, 5.74) is 2.79. The van der Waals surface area contributed by atoms with Crippen molar-refractivity contribution >= 4 is 48.0 Å². The Kier molecular flexibility index (Phi) is 9.57. The number of aryl methyl sites for hydroxylation is 1. The number of carbonyl (C=O) groups is 3. The summed E-state index contributed by atoms with van der Waals surface area (Å²) >= 11 is 4.48. The van der Waals surface area contributed by atoms with E-state index < -0.39 is 0 Å². The highest BCUT2D eigenvalue weighted by molar-refractivity contribution is 7.80. The van der Waals surface area contributed by atoms with E-state index in [9.17, 15) is 14.4 Å². The zero-order valence-electron chi connectivity index (χ0n) is 17.3. The molecule has 0 saturated heterocycles. The van der Waals surface area contributed by atoms with Crippen LogP contribution in [0.1, 0.15) is 37.3 Å². The van der Waals surface area contributed by atoms with Crippen LogP contribution >= 0.6 is 12.6 Å². The molecule has 4 N–H and O–H groups in total. The molecule has 2 rings (SSSR count). The first kappa shape index (κ1) is 23.9. The Morgan fingerprint density at radius 2 is 1.71 bits per heavy atom. The van der Waals surface area contributed by atoms with Gasteiger partial charge < -0.3 is 21.2 Å². The molecule has 31 heavy (non-hydrogen) atoms. The number of ether oxygens (including phenoxy) is 1. The number of carbonyl (C=O) groups excluding carboxylic acids is 3. The van der Waals surface area contributed by atoms with Crippen LogP contribution in [0.4, 0.5) is 11.4 Å². The van der Waals surface area contributed by atoms with Crippen LogP contribution in [-0.2, 0) is 25.5 Å². The molecule has 2 amide bonds. The van der Waals surface area contributed by atoms with Crippen LogP contribution in [0.3, 0.4) is 0 Å². The summed E-state index contributed by atoms with van der Waals surface area (Å²) < 4.78 is 4.93. The summed E-state index contributed by atoms with van der Waals surface area (Å²) in [6.07, 6.45) is 2.24. The summed E-state index contributed by atoms with van der Waals surface area (Å²) in [5.74, 6) is 4.24. The molecule has 0 aliphatic heterocycles. The first-order valence-corrected chi connectivity index (χ1v) is 10.3. The van der Waals surface area contributed by atoms with Crippen LogP contribution in [0.15, 0.2) is 52.5 Å². The summed E-state index contributed by atoms with van der Waals surface area (Å²) in [5, 5.41) is 8.94. The van der Waals surface area contributed by atoms with Gasteiger partial charge in [0.15, 0.2) is 0 Å². The van der Waals surface area contributed by atoms with E-state index in [1.165, 1.54) is 6.21 Å². The molecule has 0 fully saturated rings. The van der Waals surface area contributed by atoms with Gasteiger partial charge in [0.1, 0.15) is 0 Å². The van der Waals surface area contributed by atoms with E-state index in [1.54, 1.807) is 43.3 Å². The van der Waals surface area contributed by atoms with Crippen molar-refractivity contribution in [2.24, 2.45) is 10.9 Å². The van der Waals surface area contributed by atoms with Gasteiger partial charge in [-0.05, 0) is 42.7 Å². The average molecular weight is 443 g/mol. The molecule has 0 spiro atoms. The maximum Gasteiger partial charge on any atom is 0.306 e. The second-order valence-corrected chi connectivity index (χ2v) is 7.06. The second-order valence-electron chi connectivity index (χ2n) is 6.61. The molecule has 2 aromatic rings. The number of hydrazone groups is 1. The van der Waals surface area contributed by atoms with Crippen LogP contribution in [0, 0.1) is 0 Å². The number of anilines is 2. The van der Waals surface area contributed by atoms with Crippen molar-refractivity contribution in [2.45, 2.75) is 37.5 Å². The number of hydrogen-bond donors (Lipinski definition) is 4. The summed E-state index contributed by atoms with van der Waals surface area (Å²) in [6.45, 7) is 2.09. The molecule has 164 valence electrons. The molecule has 0 aromatic heterocycles. The Labute approximate surface area is 186 Å². The minimum absolute atomic E-state index is 0.0179. The zero-order valence-corrected chi connectivity index (χ0v) is 18.2. The molecule has 0 heterocycles. The Morgan fingerprint density at radius 3 is 2.35 bits per heavy atom. The van der Waals surface area contributed by atoms with Gasteiger partial charge >= 0.3 is 5.97 Å². The van der Waals surface area contributed by atoms with Crippen molar-refractivity contribution in [1.29, 1.82) is 0 Å². The van der Waals surface area contributed by atoms with E-state index in [1.807, 2.05) is 6.07 Å². The van der Waals surface area contributed by atoms with Crippen LogP contribution in [0.2, 0.25) is 0 Å². The molecule has 0 aliphatic carbocycles. The normalized spacial score (nSPS) is 10.6. The Hall–Kier alpha value is -3.33. The quantitative estimate of drug-likeness (QED) is 0.148. The topological polar surface area (TPSA) is 123 Å². The minimum atomic E-state index is -0.303. The monoisotopic (exact) mass is 442 g/mol. The Bertz CT molecular complexity index is 945. The van der Waals surface area contributed by atoms with E-state index in [0.29, 0.717) is 29.3 Å². The number of benzene rings is 2. The largest absolute Gasteiger partial charge is 0.466 e. The highest BCUT2D eigenvalue weighted by atomic mass is 32.1. The smallest absolute Gasteiger partial charge is 0.306 e. The van der Waals surface area contributed by atoms with Crippen LogP contribution in [-0.4, -0.2) is 30.6 Å². The number of thiol groups is 1. The molecule has 8 nitrogen and oxygen atoms in total. The van der Waals surface area contributed by atoms with E-state index in [2.05, 4.69) is 28.4 Å². The van der Waals surface area contributed by atoms with Gasteiger partial charge in [-0.1, -0.05) is 24.3 Å². The van der Waals surface area contributed by atoms with Crippen molar-refractivity contribution in [3.8, 4) is 0 Å². The standard InChI is InChI=1S/C22H26N4O4S/c1-2-30-21(29)13-8-16-4-3-5-18(22(16)31)26-20(28)12-11-19(27)25-17-9-6-15(7-10-17)14-24-23/h3-7,9-10,14,31H,2,8,11-13,23H2,1H3,(H,25,27)(H,26,28)/b24-14+. The lowest BCUT2D eigenvalue weighted by Crippen LogP contribution is -2.17. The number of nitrogens with zero attached hydrogens (tertiary/aromatic N) is 1. The second kappa shape index (κ2) is 12.4. The number of hydrogen-bond acceptors (Lipinski definition) is 7. The predicted octanol–water partition coefficient (Wildman–Crippen LogP) is 3.12. The fourth-order valence-corrected chi connectivity index (χ4v) is 3.08. The van der Waals surface area contributed by atoms with Gasteiger partial charge in [0.2, 0.25) is 11.8 Å². The average Bonchev–Trinajstić information content (AvgIpc) is 2.75. The number of amides is 2. The van der Waals surface area contributed by atoms with E-state index in [4.69, 9.17) is 10.6 Å². The minimum Gasteiger partial charge on any atom is -0.466 e. The third kappa shape index (κ3) is 8.13. The van der Waals surface area contributed by atoms with Crippen molar-refractivity contribution in [2.75, 3.05) is 17.2 Å². The summed E-state index contributed by atoms with van der Waals surface area (Å²) in [7, 11) is 0. The molecule has 0 aliphatic rings. The van der Waals surface area contributed by atoms with Crippen molar-refractivity contribution in [1.82, 2.24) is 0 Å². The third-order valence-electron chi connectivity index (χ3n) is 4.29. The van der Waals surface area contributed by atoms with Crippen molar-refractivity contribution < 1.29 is 19.1 Å². The van der Waals surface area contributed by atoms with Gasteiger partial charge in [0.05, 0.1) is 18.5 Å². The lowest BCUT2D eigenvalue weighted by Gasteiger charge is -2.12. The number of nitrogens with one attached hydrogen (secondary N) is 2. The molecular formula is C22H26N4O4S. The van der Waals surface area contributed by atoms with Gasteiger partial charge in [-0.3, -0.25) is 14.4 Å². The van der Waals surface area contributed by atoms with Gasteiger partial charge in [0.25, 0.3) is 0 Å². The van der Waals surface area contributed by atoms with Gasteiger partial charge in [-0.15, -0.1) is 12.6 Å². The van der Waals surface area contributed by atoms with Gasteiger partial charge in [-0.25, -0.2) is 0 Å². The zero-order chi connectivity index (χ0) is 22.6. The van der Waals surface area contributed by atoms with E-state index >= 15 is 0 Å². The first-order chi connectivity index (χ1) is 14.9. The highest BCUT2D eigenvalue weighted by Gasteiger charge is 2.12. The van der Waals surface area contributed by atoms with Crippen LogP contribution < -0.4 is 16.5 Å². The van der Waals surface area contributed by atoms with Gasteiger partial charge in [-0.2, -0.15) is 5.10 Å². The van der Waals surface area contributed by atoms with Crippen molar-refractivity contribution in [3.05, 3.63) is 53.6 Å². The summed E-state index contributed by atoms with van der Waals surface area (Å²) in [4.78, 5) is 36.5. The maximum atomic E-state index is 12.3. The molecule has 9 heteroatoms. The fraction of sp³-hybridized carbons (Fsp3) is 0.273. The number of esters is 1. The maximum absolute atomic E-state index is 12.3. The lowest BCUT2D eigenvalue weighted by atomic mass is 10.1. The van der Waals surface area contributed by atoms with E-state index in [-0.39, 0.29) is 37.0 Å². The van der Waals surface area contributed by atoms with Crippen molar-refractivity contribution in [3.63, 3.8) is 0 Å². The molecule has 0 unspecified atom stereocenters. The molecular weight excluding hydrogens is 416 g/mol. The summed E-state index contributed by atoms with van der Waals surface area (Å²) in [6, 6.07) is 12.3. The SMILES string of the molecule is CCOC(=O)CCc1cccc(NC(=O)CCC(=O)Nc2ccc(/C=N/N)cc2)c1S. The Balaban J connectivity index is 1.84. The number of rotatable bonds is 10. The molecule has 0 radical (unpaired) electrons. The Morgan fingerprint density at radius 1 is 1.03 bits per heavy atom. The molecule has 0 saturated carbocycles. The van der Waals surface area contributed by atoms with E-state index in [0.717, 1.165) is 11.1 Å². The van der Waals surface area contributed by atoms with Gasteiger partial charge in [0, 0.05) is 29.8 Å². The molecule has 2 aromatic carbocycles. The molecule has 0 bridgehead atoms. The highest BCUT2D eigenvalue weighted by Crippen LogP contribution is 2.25. The first-order valence-electron chi connectivity index (χ1n) is 9.82. The number of nitrogens with two attached hydrogens (primary N) is 1. The third-order valence-corrected chi connectivity index (χ3v) is 4.82. The van der Waals surface area contributed by atoms with Crippen LogP contribution in [0.5, 0.6) is 0 Å². The lowest BCUT2D eigenvalue weighted by molar-refractivity contribution is -0.143.